The third-order valence-electron chi connectivity index (χ3n) is 4.09. The topological polar surface area (TPSA) is 70.7 Å². The zero-order valence-electron chi connectivity index (χ0n) is 13.8. The summed E-state index contributed by atoms with van der Waals surface area (Å²) in [5, 5.41) is 5.76. The lowest BCUT2D eigenvalue weighted by molar-refractivity contribution is -0.119. The molecule has 0 unspecified atom stereocenters. The number of methoxy groups -OCH3 is 1. The van der Waals surface area contributed by atoms with Crippen LogP contribution in [0.15, 0.2) is 24.3 Å². The first-order valence-electron chi connectivity index (χ1n) is 7.97. The molecule has 1 aromatic rings. The zero-order valence-corrected chi connectivity index (χ0v) is 13.8. The minimum atomic E-state index is -0.00419. The normalized spacial score (nSPS) is 15.9. The van der Waals surface area contributed by atoms with Crippen molar-refractivity contribution < 1.29 is 14.3 Å². The number of carbonyl (C=O) groups is 2. The third kappa shape index (κ3) is 5.90. The van der Waals surface area contributed by atoms with Crippen molar-refractivity contribution in [2.24, 2.45) is 5.92 Å². The first-order chi connectivity index (χ1) is 11.1. The number of likely N-dealkylation sites (tertiary alicyclic amines) is 1. The number of piperidine rings is 1. The number of benzene rings is 1. The van der Waals surface area contributed by atoms with E-state index in [1.54, 1.807) is 14.0 Å². The van der Waals surface area contributed by atoms with Crippen molar-refractivity contribution in [3.8, 4) is 5.75 Å². The Bertz CT molecular complexity index is 522. The minimum absolute atomic E-state index is 0.00419. The van der Waals surface area contributed by atoms with E-state index in [1.807, 2.05) is 24.3 Å². The molecule has 23 heavy (non-hydrogen) atoms. The van der Waals surface area contributed by atoms with Crippen molar-refractivity contribution in [2.45, 2.75) is 19.8 Å². The van der Waals surface area contributed by atoms with E-state index >= 15 is 0 Å². The lowest BCUT2D eigenvalue weighted by atomic mass is 9.97. The summed E-state index contributed by atoms with van der Waals surface area (Å²) < 4.78 is 5.09. The molecule has 0 atom stereocenters. The van der Waals surface area contributed by atoms with E-state index in [0.717, 1.165) is 43.9 Å². The second kappa shape index (κ2) is 8.53. The van der Waals surface area contributed by atoms with Gasteiger partial charge in [-0.2, -0.15) is 0 Å². The van der Waals surface area contributed by atoms with Gasteiger partial charge < -0.3 is 15.4 Å². The molecular formula is C17H25N3O3. The van der Waals surface area contributed by atoms with Crippen molar-refractivity contribution in [3.63, 3.8) is 0 Å². The van der Waals surface area contributed by atoms with Crippen molar-refractivity contribution in [3.05, 3.63) is 24.3 Å². The molecule has 0 saturated carbocycles. The molecule has 1 aliphatic rings. The van der Waals surface area contributed by atoms with Gasteiger partial charge in [0.05, 0.1) is 13.7 Å². The van der Waals surface area contributed by atoms with Gasteiger partial charge in [-0.15, -0.1) is 0 Å². The summed E-state index contributed by atoms with van der Waals surface area (Å²) in [6, 6.07) is 7.30. The molecule has 2 rings (SSSR count). The van der Waals surface area contributed by atoms with Gasteiger partial charge in [0.1, 0.15) is 5.75 Å². The molecule has 6 heteroatoms. The summed E-state index contributed by atoms with van der Waals surface area (Å²) in [6.07, 6.45) is 2.02. The van der Waals surface area contributed by atoms with Crippen LogP contribution in [0.2, 0.25) is 0 Å². The van der Waals surface area contributed by atoms with Gasteiger partial charge in [0.25, 0.3) is 0 Å². The average molecular weight is 319 g/mol. The number of carbonyl (C=O) groups excluding carboxylic acids is 2. The summed E-state index contributed by atoms with van der Waals surface area (Å²) in [5.41, 5.74) is 0.774. The smallest absolute Gasteiger partial charge is 0.238 e. The van der Waals surface area contributed by atoms with Crippen LogP contribution in [-0.4, -0.2) is 50.0 Å². The fourth-order valence-corrected chi connectivity index (χ4v) is 2.71. The number of anilines is 1. The SMILES string of the molecule is COc1ccc(NC(=O)CN2CCC(CNC(C)=O)CC2)cc1. The van der Waals surface area contributed by atoms with Crippen molar-refractivity contribution in [2.75, 3.05) is 38.6 Å². The lowest BCUT2D eigenvalue weighted by Gasteiger charge is -2.31. The van der Waals surface area contributed by atoms with Gasteiger partial charge in [-0.25, -0.2) is 0 Å². The molecule has 0 aromatic heterocycles. The molecule has 126 valence electrons. The number of hydrogen-bond donors (Lipinski definition) is 2. The molecule has 0 bridgehead atoms. The molecule has 1 aromatic carbocycles. The number of nitrogens with one attached hydrogen (secondary N) is 2. The maximum atomic E-state index is 12.1. The van der Waals surface area contributed by atoms with Crippen molar-refractivity contribution in [1.82, 2.24) is 10.2 Å². The molecule has 1 saturated heterocycles. The molecule has 2 amide bonds. The highest BCUT2D eigenvalue weighted by molar-refractivity contribution is 5.92. The number of hydrogen-bond acceptors (Lipinski definition) is 4. The Labute approximate surface area is 137 Å². The van der Waals surface area contributed by atoms with Crippen molar-refractivity contribution in [1.29, 1.82) is 0 Å². The Morgan fingerprint density at radius 2 is 1.87 bits per heavy atom. The quantitative estimate of drug-likeness (QED) is 0.833. The monoisotopic (exact) mass is 319 g/mol. The largest absolute Gasteiger partial charge is 0.497 e. The number of nitrogens with zero attached hydrogens (tertiary/aromatic N) is 1. The van der Waals surface area contributed by atoms with Gasteiger partial charge in [0.2, 0.25) is 11.8 Å². The summed E-state index contributed by atoms with van der Waals surface area (Å²) in [7, 11) is 1.61. The lowest BCUT2D eigenvalue weighted by Crippen LogP contribution is -2.41. The van der Waals surface area contributed by atoms with E-state index in [2.05, 4.69) is 15.5 Å². The Morgan fingerprint density at radius 1 is 1.22 bits per heavy atom. The molecule has 0 spiro atoms. The first kappa shape index (κ1) is 17.3. The Morgan fingerprint density at radius 3 is 2.43 bits per heavy atom. The zero-order chi connectivity index (χ0) is 16.7. The predicted octanol–water partition coefficient (Wildman–Crippen LogP) is 1.48. The third-order valence-corrected chi connectivity index (χ3v) is 4.09. The average Bonchev–Trinajstić information content (AvgIpc) is 2.55. The van der Waals surface area contributed by atoms with E-state index in [4.69, 9.17) is 4.74 Å². The second-order valence-electron chi connectivity index (χ2n) is 5.93. The van der Waals surface area contributed by atoms with Gasteiger partial charge in [-0.3, -0.25) is 14.5 Å². The van der Waals surface area contributed by atoms with E-state index in [1.165, 1.54) is 0 Å². The van der Waals surface area contributed by atoms with E-state index in [9.17, 15) is 9.59 Å². The van der Waals surface area contributed by atoms with Crippen LogP contribution in [0.4, 0.5) is 5.69 Å². The first-order valence-corrected chi connectivity index (χ1v) is 7.97. The molecule has 0 radical (unpaired) electrons. The van der Waals surface area contributed by atoms with Gasteiger partial charge >= 0.3 is 0 Å². The molecule has 1 heterocycles. The number of ether oxygens (including phenoxy) is 1. The van der Waals surface area contributed by atoms with E-state index in [-0.39, 0.29) is 11.8 Å². The number of rotatable bonds is 6. The van der Waals surface area contributed by atoms with Crippen LogP contribution in [0.1, 0.15) is 19.8 Å². The van der Waals surface area contributed by atoms with Crippen LogP contribution in [0.25, 0.3) is 0 Å². The highest BCUT2D eigenvalue weighted by atomic mass is 16.5. The van der Waals surface area contributed by atoms with Crippen LogP contribution in [0, 0.1) is 5.92 Å². The van der Waals surface area contributed by atoms with Crippen LogP contribution in [-0.2, 0) is 9.59 Å². The van der Waals surface area contributed by atoms with E-state index < -0.39 is 0 Å². The predicted molar refractivity (Wildman–Crippen MR) is 89.5 cm³/mol. The summed E-state index contributed by atoms with van der Waals surface area (Å²) in [5.74, 6) is 1.30. The summed E-state index contributed by atoms with van der Waals surface area (Å²) >= 11 is 0. The Kier molecular flexibility index (Phi) is 6.40. The second-order valence-corrected chi connectivity index (χ2v) is 5.93. The van der Waals surface area contributed by atoms with Gasteiger partial charge in [-0.1, -0.05) is 0 Å². The fraction of sp³-hybridized carbons (Fsp3) is 0.529. The Balaban J connectivity index is 1.70. The molecular weight excluding hydrogens is 294 g/mol. The Hall–Kier alpha value is -2.08. The summed E-state index contributed by atoms with van der Waals surface area (Å²) in [4.78, 5) is 25.2. The molecule has 1 aliphatic heterocycles. The van der Waals surface area contributed by atoms with Crippen LogP contribution in [0.5, 0.6) is 5.75 Å². The number of amides is 2. The maximum absolute atomic E-state index is 12.1. The molecule has 2 N–H and O–H groups in total. The van der Waals surface area contributed by atoms with Crippen molar-refractivity contribution >= 4 is 17.5 Å². The maximum Gasteiger partial charge on any atom is 0.238 e. The van der Waals surface area contributed by atoms with Gasteiger partial charge in [-0.05, 0) is 56.1 Å². The standard InChI is InChI=1S/C17H25N3O3/c1-13(21)18-11-14-7-9-20(10-8-14)12-17(22)19-15-3-5-16(23-2)6-4-15/h3-6,14H,7-12H2,1-2H3,(H,18,21)(H,19,22). The minimum Gasteiger partial charge on any atom is -0.497 e. The van der Waals surface area contributed by atoms with Crippen LogP contribution < -0.4 is 15.4 Å². The molecule has 0 aliphatic carbocycles. The van der Waals surface area contributed by atoms with E-state index in [0.29, 0.717) is 12.5 Å². The highest BCUT2D eigenvalue weighted by Crippen LogP contribution is 2.17. The summed E-state index contributed by atoms with van der Waals surface area (Å²) in [6.45, 7) is 4.46. The molecule has 1 fully saturated rings. The van der Waals surface area contributed by atoms with Crippen LogP contribution >= 0.6 is 0 Å². The van der Waals surface area contributed by atoms with Gasteiger partial charge in [0, 0.05) is 19.2 Å². The van der Waals surface area contributed by atoms with Gasteiger partial charge in [0.15, 0.2) is 0 Å². The highest BCUT2D eigenvalue weighted by Gasteiger charge is 2.20. The molecule has 6 nitrogen and oxygen atoms in total. The fourth-order valence-electron chi connectivity index (χ4n) is 2.71. The van der Waals surface area contributed by atoms with Crippen LogP contribution in [0.3, 0.4) is 0 Å².